The molecule has 1 spiro atoms. The fourth-order valence-corrected chi connectivity index (χ4v) is 6.75. The molecule has 4 aromatic rings. The summed E-state index contributed by atoms with van der Waals surface area (Å²) in [5.41, 5.74) is 2.81. The molecule has 0 bridgehead atoms. The summed E-state index contributed by atoms with van der Waals surface area (Å²) in [6.07, 6.45) is 5.00. The number of anilines is 2. The van der Waals surface area contributed by atoms with Gasteiger partial charge in [-0.2, -0.15) is 0 Å². The third-order valence-corrected chi connectivity index (χ3v) is 8.91. The molecule has 2 aromatic heterocycles. The minimum Gasteiger partial charge on any atom is -0.475 e. The van der Waals surface area contributed by atoms with Crippen LogP contribution in [-0.4, -0.2) is 62.9 Å². The third kappa shape index (κ3) is 6.09. The van der Waals surface area contributed by atoms with E-state index in [1.807, 2.05) is 44.2 Å². The Hall–Kier alpha value is -4.13. The Morgan fingerprint density at radius 1 is 1.11 bits per heavy atom. The van der Waals surface area contributed by atoms with Crippen molar-refractivity contribution in [3.8, 4) is 17.0 Å². The van der Waals surface area contributed by atoms with Crippen LogP contribution in [0.3, 0.4) is 0 Å². The van der Waals surface area contributed by atoms with Crippen molar-refractivity contribution in [3.63, 3.8) is 0 Å². The minimum absolute atomic E-state index is 0.0352. The number of benzene rings is 2. The molecule has 2 aromatic carbocycles. The van der Waals surface area contributed by atoms with E-state index in [4.69, 9.17) is 9.47 Å². The molecule has 1 saturated carbocycles. The Morgan fingerprint density at radius 2 is 1.87 bits per heavy atom. The van der Waals surface area contributed by atoms with Crippen LogP contribution in [0.4, 0.5) is 15.8 Å². The van der Waals surface area contributed by atoms with Crippen LogP contribution in [0.2, 0.25) is 0 Å². The lowest BCUT2D eigenvalue weighted by Crippen LogP contribution is -2.52. The highest BCUT2D eigenvalue weighted by atomic mass is 32.2. The number of carbonyl (C=O) groups excluding carboxylic acids is 1. The topological polar surface area (TPSA) is 123 Å². The molecule has 2 aliphatic rings. The first kappa shape index (κ1) is 30.9. The van der Waals surface area contributed by atoms with Crippen molar-refractivity contribution in [2.45, 2.75) is 50.9 Å². The van der Waals surface area contributed by atoms with Gasteiger partial charge in [0.25, 0.3) is 0 Å². The van der Waals surface area contributed by atoms with Crippen molar-refractivity contribution in [2.75, 3.05) is 36.1 Å². The number of hydrogen-bond acceptors (Lipinski definition) is 8. The molecule has 236 valence electrons. The maximum atomic E-state index is 15.7. The van der Waals surface area contributed by atoms with Gasteiger partial charge in [0.05, 0.1) is 41.8 Å². The number of pyridine rings is 2. The lowest BCUT2D eigenvalue weighted by molar-refractivity contribution is -0.134. The predicted octanol–water partition coefficient (Wildman–Crippen LogP) is 4.78. The number of likely N-dealkylation sites (N-methyl/N-ethyl adjacent to an activating group) is 1. The van der Waals surface area contributed by atoms with E-state index in [-0.39, 0.29) is 41.8 Å². The summed E-state index contributed by atoms with van der Waals surface area (Å²) in [6, 6.07) is 14.7. The van der Waals surface area contributed by atoms with Gasteiger partial charge in [0.1, 0.15) is 18.1 Å². The van der Waals surface area contributed by atoms with Crippen LogP contribution in [-0.2, 0) is 31.6 Å². The molecule has 10 nitrogen and oxygen atoms in total. The van der Waals surface area contributed by atoms with Gasteiger partial charge in [-0.25, -0.2) is 17.8 Å². The third-order valence-electron chi connectivity index (χ3n) is 8.32. The zero-order valence-corrected chi connectivity index (χ0v) is 26.4. The number of amides is 1. The van der Waals surface area contributed by atoms with E-state index in [0.717, 1.165) is 17.4 Å². The van der Waals surface area contributed by atoms with Gasteiger partial charge in [-0.05, 0) is 30.5 Å². The average Bonchev–Trinajstić information content (AvgIpc) is 3.20. The van der Waals surface area contributed by atoms with Crippen molar-refractivity contribution in [1.82, 2.24) is 15.3 Å². The van der Waals surface area contributed by atoms with E-state index in [1.54, 1.807) is 24.2 Å². The smallest absolute Gasteiger partial charge is 0.238 e. The number of nitrogens with zero attached hydrogens (tertiary/aromatic N) is 3. The molecule has 1 fully saturated rings. The van der Waals surface area contributed by atoms with E-state index in [0.29, 0.717) is 48.1 Å². The van der Waals surface area contributed by atoms with Crippen LogP contribution >= 0.6 is 0 Å². The van der Waals surface area contributed by atoms with Gasteiger partial charge >= 0.3 is 0 Å². The van der Waals surface area contributed by atoms with E-state index >= 15 is 4.39 Å². The van der Waals surface area contributed by atoms with E-state index in [2.05, 4.69) is 20.0 Å². The van der Waals surface area contributed by atoms with Crippen LogP contribution in [0.1, 0.15) is 37.8 Å². The molecular formula is C33H36FN5O5S. The van der Waals surface area contributed by atoms with Crippen molar-refractivity contribution < 1.29 is 27.1 Å². The zero-order valence-electron chi connectivity index (χ0n) is 25.6. The fraction of sp³-hybridized carbons (Fsp3) is 0.364. The summed E-state index contributed by atoms with van der Waals surface area (Å²) in [7, 11) is -1.96. The van der Waals surface area contributed by atoms with E-state index in [9.17, 15) is 13.2 Å². The quantitative estimate of drug-likeness (QED) is 0.227. The molecular weight excluding hydrogens is 597 g/mol. The number of carbonyl (C=O) groups is 1. The number of nitrogens with one attached hydrogen (secondary N) is 2. The van der Waals surface area contributed by atoms with Crippen molar-refractivity contribution in [2.24, 2.45) is 0 Å². The summed E-state index contributed by atoms with van der Waals surface area (Å²) in [5, 5.41) is 3.88. The molecule has 0 radical (unpaired) electrons. The average molecular weight is 634 g/mol. The number of sulfonamides is 1. The summed E-state index contributed by atoms with van der Waals surface area (Å²) < 4.78 is 54.4. The second-order valence-electron chi connectivity index (χ2n) is 12.0. The first-order chi connectivity index (χ1) is 21.4. The molecule has 1 amide bonds. The van der Waals surface area contributed by atoms with Crippen LogP contribution < -0.4 is 19.7 Å². The second-order valence-corrected chi connectivity index (χ2v) is 13.8. The first-order valence-corrected chi connectivity index (χ1v) is 16.7. The standard InChI is InChI=1S/C33H36FN5O5S/c1-20(2)35-10-11-43-31-28(38-45(4,41)42)12-22(17-37-31)24-13-25-27(14-26(24)34)36-18-29-30(25)33(32(40)39(29)3)15-23(16-33)44-19-21-8-6-5-7-9-21/h5-9,12-14,17-18,20,23,35,38H,10-11,15-16,19H2,1-4H3/t23-,33-. The highest BCUT2D eigenvalue weighted by molar-refractivity contribution is 7.92. The van der Waals surface area contributed by atoms with Crippen molar-refractivity contribution in [1.29, 1.82) is 0 Å². The number of rotatable bonds is 11. The van der Waals surface area contributed by atoms with E-state index in [1.165, 1.54) is 18.3 Å². The zero-order chi connectivity index (χ0) is 31.9. The fourth-order valence-electron chi connectivity index (χ4n) is 6.20. The molecule has 12 heteroatoms. The Kier molecular flexibility index (Phi) is 8.23. The van der Waals surface area contributed by atoms with Crippen LogP contribution in [0.5, 0.6) is 5.88 Å². The molecule has 0 saturated heterocycles. The van der Waals surface area contributed by atoms with Crippen LogP contribution in [0.25, 0.3) is 22.0 Å². The summed E-state index contributed by atoms with van der Waals surface area (Å²) in [6.45, 7) is 5.25. The Balaban J connectivity index is 1.35. The summed E-state index contributed by atoms with van der Waals surface area (Å²) in [4.78, 5) is 24.1. The highest BCUT2D eigenvalue weighted by Gasteiger charge is 2.59. The number of fused-ring (bicyclic) bond motifs is 4. The lowest BCUT2D eigenvalue weighted by atomic mass is 9.62. The van der Waals surface area contributed by atoms with Gasteiger partial charge in [-0.1, -0.05) is 44.2 Å². The monoisotopic (exact) mass is 633 g/mol. The number of hydrogen-bond donors (Lipinski definition) is 2. The molecule has 0 unspecified atom stereocenters. The highest BCUT2D eigenvalue weighted by Crippen LogP contribution is 2.56. The van der Waals surface area contributed by atoms with Gasteiger partial charge in [-0.15, -0.1) is 0 Å². The lowest BCUT2D eigenvalue weighted by Gasteiger charge is -2.43. The predicted molar refractivity (Wildman–Crippen MR) is 171 cm³/mol. The Labute approximate surface area is 262 Å². The maximum absolute atomic E-state index is 15.7. The van der Waals surface area contributed by atoms with Crippen LogP contribution in [0, 0.1) is 5.82 Å². The Morgan fingerprint density at radius 3 is 2.58 bits per heavy atom. The van der Waals surface area contributed by atoms with Gasteiger partial charge in [0, 0.05) is 54.0 Å². The minimum atomic E-state index is -3.69. The largest absolute Gasteiger partial charge is 0.475 e. The number of halogens is 1. The van der Waals surface area contributed by atoms with Crippen molar-refractivity contribution in [3.05, 3.63) is 77.9 Å². The second kappa shape index (κ2) is 12.0. The van der Waals surface area contributed by atoms with Gasteiger partial charge in [0.2, 0.25) is 21.8 Å². The van der Waals surface area contributed by atoms with Gasteiger partial charge < -0.3 is 19.7 Å². The summed E-state index contributed by atoms with van der Waals surface area (Å²) >= 11 is 0. The van der Waals surface area contributed by atoms with E-state index < -0.39 is 21.3 Å². The molecule has 1 aliphatic carbocycles. The maximum Gasteiger partial charge on any atom is 0.238 e. The van der Waals surface area contributed by atoms with Gasteiger partial charge in [-0.3, -0.25) is 14.5 Å². The molecule has 3 heterocycles. The van der Waals surface area contributed by atoms with Crippen LogP contribution in [0.15, 0.2) is 60.9 Å². The molecule has 1 aliphatic heterocycles. The number of aromatic nitrogens is 2. The SMILES string of the molecule is CC(C)NCCOc1ncc(-c2cc3c(cc2F)ncc2c3[C@]3(C[C@@H](OCc4ccccc4)C3)C(=O)N2C)cc1NS(C)(=O)=O. The van der Waals surface area contributed by atoms with Gasteiger partial charge in [0.15, 0.2) is 0 Å². The summed E-state index contributed by atoms with van der Waals surface area (Å²) in [5.74, 6) is -0.506. The first-order valence-electron chi connectivity index (χ1n) is 14.9. The molecule has 45 heavy (non-hydrogen) atoms. The molecule has 2 N–H and O–H groups in total. The normalized spacial score (nSPS) is 19.3. The Bertz CT molecular complexity index is 1860. The molecule has 0 atom stereocenters. The molecule has 6 rings (SSSR count). The number of ether oxygens (including phenoxy) is 2. The van der Waals surface area contributed by atoms with Crippen molar-refractivity contribution >= 4 is 38.2 Å².